The molecule has 0 spiro atoms. The molecule has 7 nitrogen and oxygen atoms in total. The molecule has 0 bridgehead atoms. The fourth-order valence-electron chi connectivity index (χ4n) is 3.37. The van der Waals surface area contributed by atoms with Gasteiger partial charge in [0.2, 0.25) is 6.79 Å². The number of hydrogen-bond acceptors (Lipinski definition) is 8. The fraction of sp³-hybridized carbons (Fsp3) is 0.208. The zero-order valence-corrected chi connectivity index (χ0v) is 19.7. The molecule has 0 saturated heterocycles. The lowest BCUT2D eigenvalue weighted by Gasteiger charge is -2.09. The summed E-state index contributed by atoms with van der Waals surface area (Å²) in [4.78, 5) is 4.79. The zero-order chi connectivity index (χ0) is 22.6. The zero-order valence-electron chi connectivity index (χ0n) is 18.1. The molecule has 0 atom stereocenters. The van der Waals surface area contributed by atoms with Crippen LogP contribution in [0.15, 0.2) is 65.7 Å². The van der Waals surface area contributed by atoms with Crippen molar-refractivity contribution < 1.29 is 14.2 Å². The number of rotatable bonds is 9. The summed E-state index contributed by atoms with van der Waals surface area (Å²) < 4.78 is 18.8. The third kappa shape index (κ3) is 4.89. The number of thiazole rings is 1. The van der Waals surface area contributed by atoms with Crippen LogP contribution in [0.5, 0.6) is 17.2 Å². The minimum absolute atomic E-state index is 0.266. The number of aryl methyl sites for hydroxylation is 1. The van der Waals surface area contributed by atoms with E-state index >= 15 is 0 Å². The van der Waals surface area contributed by atoms with Gasteiger partial charge in [-0.05, 0) is 42.8 Å². The van der Waals surface area contributed by atoms with Crippen molar-refractivity contribution >= 4 is 23.1 Å². The maximum atomic E-state index is 5.92. The number of allylic oxidation sites excluding steroid dienone is 1. The average molecular weight is 479 g/mol. The highest BCUT2D eigenvalue weighted by atomic mass is 32.2. The third-order valence-electron chi connectivity index (χ3n) is 4.98. The Labute approximate surface area is 200 Å². The van der Waals surface area contributed by atoms with Crippen molar-refractivity contribution in [1.82, 2.24) is 19.7 Å². The molecule has 1 aliphatic rings. The largest absolute Gasteiger partial charge is 0.486 e. The van der Waals surface area contributed by atoms with Crippen molar-refractivity contribution in [3.63, 3.8) is 0 Å². The summed E-state index contributed by atoms with van der Waals surface area (Å²) in [5.74, 6) is 3.80. The van der Waals surface area contributed by atoms with E-state index in [1.54, 1.807) is 23.1 Å². The summed E-state index contributed by atoms with van der Waals surface area (Å²) in [5, 5.41) is 12.6. The van der Waals surface area contributed by atoms with Gasteiger partial charge in [0.05, 0.1) is 5.69 Å². The molecule has 0 fully saturated rings. The van der Waals surface area contributed by atoms with Crippen LogP contribution in [0.1, 0.15) is 17.1 Å². The summed E-state index contributed by atoms with van der Waals surface area (Å²) in [6, 6.07) is 13.9. The fourth-order valence-corrected chi connectivity index (χ4v) is 5.15. The van der Waals surface area contributed by atoms with Crippen molar-refractivity contribution in [3.05, 3.63) is 77.6 Å². The van der Waals surface area contributed by atoms with Gasteiger partial charge in [0.25, 0.3) is 0 Å². The summed E-state index contributed by atoms with van der Waals surface area (Å²) in [7, 11) is 0. The maximum Gasteiger partial charge on any atom is 0.231 e. The number of aromatic nitrogens is 4. The Bertz CT molecular complexity index is 1280. The SMILES string of the molecule is C=CCn1c(COc2cccc(C)c2)nnc1SCc1csc(-c2ccc3c(c2)OCO3)n1. The molecule has 9 heteroatoms. The normalized spacial score (nSPS) is 12.2. The number of fused-ring (bicyclic) bond motifs is 1. The lowest BCUT2D eigenvalue weighted by molar-refractivity contribution is 0.174. The van der Waals surface area contributed by atoms with Crippen molar-refractivity contribution in [1.29, 1.82) is 0 Å². The van der Waals surface area contributed by atoms with Crippen LogP contribution in [-0.2, 0) is 18.9 Å². The second-order valence-electron chi connectivity index (χ2n) is 7.40. The van der Waals surface area contributed by atoms with Gasteiger partial charge in [-0.3, -0.25) is 4.57 Å². The van der Waals surface area contributed by atoms with Crippen LogP contribution in [0.4, 0.5) is 0 Å². The Kier molecular flexibility index (Phi) is 6.32. The minimum Gasteiger partial charge on any atom is -0.486 e. The number of benzene rings is 2. The highest BCUT2D eigenvalue weighted by Gasteiger charge is 2.16. The molecule has 0 aliphatic carbocycles. The number of ether oxygens (including phenoxy) is 3. The van der Waals surface area contributed by atoms with Gasteiger partial charge in [0, 0.05) is 23.2 Å². The quantitative estimate of drug-likeness (QED) is 0.232. The van der Waals surface area contributed by atoms with E-state index < -0.39 is 0 Å². The van der Waals surface area contributed by atoms with E-state index in [1.165, 1.54) is 0 Å². The number of hydrogen-bond donors (Lipinski definition) is 0. The van der Waals surface area contributed by atoms with Crippen molar-refractivity contribution in [3.8, 4) is 27.8 Å². The molecule has 0 unspecified atom stereocenters. The van der Waals surface area contributed by atoms with Crippen LogP contribution >= 0.6 is 23.1 Å². The summed E-state index contributed by atoms with van der Waals surface area (Å²) >= 11 is 3.21. The molecule has 0 N–H and O–H groups in total. The van der Waals surface area contributed by atoms with Gasteiger partial charge in [0.15, 0.2) is 22.5 Å². The maximum absolute atomic E-state index is 5.92. The predicted molar refractivity (Wildman–Crippen MR) is 129 cm³/mol. The van der Waals surface area contributed by atoms with E-state index in [-0.39, 0.29) is 6.79 Å². The van der Waals surface area contributed by atoms with Gasteiger partial charge in [-0.2, -0.15) is 0 Å². The second-order valence-corrected chi connectivity index (χ2v) is 9.20. The van der Waals surface area contributed by atoms with Gasteiger partial charge >= 0.3 is 0 Å². The lowest BCUT2D eigenvalue weighted by Crippen LogP contribution is -2.07. The standard InChI is InChI=1S/C24H22N4O3S2/c1-3-9-28-22(12-29-19-6-4-5-16(2)10-19)26-27-24(28)33-14-18-13-32-23(25-18)17-7-8-20-21(11-17)31-15-30-20/h3-8,10-11,13H,1,9,12,14-15H2,2H3. The summed E-state index contributed by atoms with van der Waals surface area (Å²) in [5.41, 5.74) is 3.16. The molecule has 0 saturated carbocycles. The van der Waals surface area contributed by atoms with Crippen molar-refractivity contribution in [2.75, 3.05) is 6.79 Å². The molecule has 33 heavy (non-hydrogen) atoms. The predicted octanol–water partition coefficient (Wildman–Crippen LogP) is 5.50. The van der Waals surface area contributed by atoms with Crippen molar-refractivity contribution in [2.45, 2.75) is 31.0 Å². The highest BCUT2D eigenvalue weighted by Crippen LogP contribution is 2.37. The Morgan fingerprint density at radius 2 is 2.09 bits per heavy atom. The monoisotopic (exact) mass is 478 g/mol. The van der Waals surface area contributed by atoms with E-state index in [2.05, 4.69) is 22.2 Å². The Morgan fingerprint density at radius 3 is 2.97 bits per heavy atom. The number of thioether (sulfide) groups is 1. The van der Waals surface area contributed by atoms with Crippen molar-refractivity contribution in [2.24, 2.45) is 0 Å². The molecule has 4 aromatic rings. The summed E-state index contributed by atoms with van der Waals surface area (Å²) in [6.45, 7) is 7.13. The van der Waals surface area contributed by atoms with Crippen LogP contribution in [0, 0.1) is 6.92 Å². The Hall–Kier alpha value is -3.30. The molecule has 0 radical (unpaired) electrons. The topological polar surface area (TPSA) is 71.3 Å². The minimum atomic E-state index is 0.266. The van der Waals surface area contributed by atoms with Crippen LogP contribution in [0.3, 0.4) is 0 Å². The molecule has 5 rings (SSSR count). The van der Waals surface area contributed by atoms with Gasteiger partial charge in [-0.25, -0.2) is 4.98 Å². The molecule has 0 amide bonds. The van der Waals surface area contributed by atoms with E-state index in [9.17, 15) is 0 Å². The first-order valence-electron chi connectivity index (χ1n) is 10.4. The number of nitrogens with zero attached hydrogens (tertiary/aromatic N) is 4. The van der Waals surface area contributed by atoms with Gasteiger partial charge < -0.3 is 14.2 Å². The first-order chi connectivity index (χ1) is 16.2. The third-order valence-corrected chi connectivity index (χ3v) is 6.92. The molecule has 3 heterocycles. The lowest BCUT2D eigenvalue weighted by atomic mass is 10.2. The first kappa shape index (κ1) is 21.5. The molecule has 2 aromatic heterocycles. The van der Waals surface area contributed by atoms with E-state index in [0.29, 0.717) is 18.9 Å². The Balaban J connectivity index is 1.25. The van der Waals surface area contributed by atoms with Gasteiger partial charge in [0.1, 0.15) is 17.4 Å². The molecule has 2 aromatic carbocycles. The van der Waals surface area contributed by atoms with E-state index in [4.69, 9.17) is 19.2 Å². The average Bonchev–Trinajstić information content (AvgIpc) is 3.56. The second kappa shape index (κ2) is 9.68. The van der Waals surface area contributed by atoms with E-state index in [1.807, 2.05) is 60.0 Å². The van der Waals surface area contributed by atoms with Crippen LogP contribution < -0.4 is 14.2 Å². The van der Waals surface area contributed by atoms with Crippen LogP contribution in [0.25, 0.3) is 10.6 Å². The molecular weight excluding hydrogens is 456 g/mol. The molecular formula is C24H22N4O3S2. The smallest absolute Gasteiger partial charge is 0.231 e. The Morgan fingerprint density at radius 1 is 1.18 bits per heavy atom. The molecule has 168 valence electrons. The van der Waals surface area contributed by atoms with Crippen LogP contribution in [0.2, 0.25) is 0 Å². The van der Waals surface area contributed by atoms with Gasteiger partial charge in [-0.1, -0.05) is 30.0 Å². The molecule has 1 aliphatic heterocycles. The summed E-state index contributed by atoms with van der Waals surface area (Å²) in [6.07, 6.45) is 1.84. The highest BCUT2D eigenvalue weighted by molar-refractivity contribution is 7.98. The van der Waals surface area contributed by atoms with E-state index in [0.717, 1.165) is 50.1 Å². The van der Waals surface area contributed by atoms with Crippen LogP contribution in [-0.4, -0.2) is 26.5 Å². The van der Waals surface area contributed by atoms with Gasteiger partial charge in [-0.15, -0.1) is 28.1 Å². The first-order valence-corrected chi connectivity index (χ1v) is 12.3.